The Labute approximate surface area is 134 Å². The summed E-state index contributed by atoms with van der Waals surface area (Å²) in [5.41, 5.74) is 1.16. The van der Waals surface area contributed by atoms with E-state index in [1.165, 1.54) is 0 Å². The Kier molecular flexibility index (Phi) is 8.34. The molecule has 0 aromatic heterocycles. The molecule has 1 rings (SSSR count). The fraction of sp³-hybridized carbons (Fsp3) is 0.533. The van der Waals surface area contributed by atoms with Gasteiger partial charge < -0.3 is 20.1 Å². The van der Waals surface area contributed by atoms with E-state index < -0.39 is 0 Å². The second-order valence-corrected chi connectivity index (χ2v) is 5.61. The molecule has 21 heavy (non-hydrogen) atoms. The maximum Gasteiger partial charge on any atom is 0.258 e. The minimum Gasteiger partial charge on any atom is -0.483 e. The molecule has 1 aromatic rings. The Morgan fingerprint density at radius 2 is 2.19 bits per heavy atom. The fourth-order valence-electron chi connectivity index (χ4n) is 1.79. The molecular formula is C15H23BrN2O3. The fourth-order valence-corrected chi connectivity index (χ4v) is 2.33. The molecule has 0 spiro atoms. The number of nitrogens with one attached hydrogen (secondary N) is 2. The van der Waals surface area contributed by atoms with Gasteiger partial charge in [0, 0.05) is 19.7 Å². The summed E-state index contributed by atoms with van der Waals surface area (Å²) in [5.74, 6) is 0.493. The summed E-state index contributed by atoms with van der Waals surface area (Å²) in [7, 11) is 1.60. The molecule has 0 saturated carbocycles. The van der Waals surface area contributed by atoms with E-state index in [4.69, 9.17) is 9.47 Å². The number of amides is 1. The third-order valence-electron chi connectivity index (χ3n) is 2.76. The molecule has 0 aliphatic heterocycles. The molecule has 2 N–H and O–H groups in total. The molecule has 0 aliphatic rings. The number of carbonyl (C=O) groups is 1. The van der Waals surface area contributed by atoms with Gasteiger partial charge in [-0.2, -0.15) is 0 Å². The van der Waals surface area contributed by atoms with Crippen LogP contribution in [-0.2, 0) is 16.1 Å². The van der Waals surface area contributed by atoms with Gasteiger partial charge >= 0.3 is 0 Å². The Morgan fingerprint density at radius 3 is 2.81 bits per heavy atom. The van der Waals surface area contributed by atoms with Crippen molar-refractivity contribution in [1.82, 2.24) is 10.6 Å². The van der Waals surface area contributed by atoms with E-state index in [9.17, 15) is 4.79 Å². The van der Waals surface area contributed by atoms with Crippen molar-refractivity contribution in [3.63, 3.8) is 0 Å². The maximum absolute atomic E-state index is 11.7. The number of ether oxygens (including phenoxy) is 2. The summed E-state index contributed by atoms with van der Waals surface area (Å²) in [6, 6.07) is 5.80. The molecule has 0 bridgehead atoms. The molecule has 5 nitrogen and oxygen atoms in total. The lowest BCUT2D eigenvalue weighted by molar-refractivity contribution is -0.124. The molecule has 0 heterocycles. The van der Waals surface area contributed by atoms with E-state index in [0.29, 0.717) is 12.4 Å². The van der Waals surface area contributed by atoms with Gasteiger partial charge in [0.05, 0.1) is 11.1 Å². The largest absolute Gasteiger partial charge is 0.483 e. The molecule has 1 atom stereocenters. The van der Waals surface area contributed by atoms with Gasteiger partial charge in [-0.25, -0.2) is 0 Å². The van der Waals surface area contributed by atoms with Crippen molar-refractivity contribution in [1.29, 1.82) is 0 Å². The topological polar surface area (TPSA) is 59.6 Å². The molecule has 0 radical (unpaired) electrons. The number of rotatable bonds is 9. The van der Waals surface area contributed by atoms with Gasteiger partial charge in [-0.15, -0.1) is 0 Å². The first-order valence-corrected chi connectivity index (χ1v) is 7.76. The molecule has 0 saturated heterocycles. The number of carbonyl (C=O) groups excluding carboxylic acids is 1. The lowest BCUT2D eigenvalue weighted by atomic mass is 10.2. The molecule has 0 fully saturated rings. The van der Waals surface area contributed by atoms with Crippen molar-refractivity contribution in [3.05, 3.63) is 28.2 Å². The third-order valence-corrected chi connectivity index (χ3v) is 3.38. The Bertz CT molecular complexity index is 455. The number of benzene rings is 1. The van der Waals surface area contributed by atoms with Crippen LogP contribution in [-0.4, -0.2) is 38.8 Å². The van der Waals surface area contributed by atoms with Crippen LogP contribution in [0.3, 0.4) is 0 Å². The minimum absolute atomic E-state index is 0.0147. The lowest BCUT2D eigenvalue weighted by Gasteiger charge is -2.14. The highest BCUT2D eigenvalue weighted by Gasteiger charge is 2.09. The maximum atomic E-state index is 11.7. The van der Waals surface area contributed by atoms with Gasteiger partial charge in [0.25, 0.3) is 5.91 Å². The molecule has 6 heteroatoms. The highest BCUT2D eigenvalue weighted by Crippen LogP contribution is 2.25. The molecule has 1 unspecified atom stereocenters. The first-order chi connectivity index (χ1) is 10.1. The van der Waals surface area contributed by atoms with Crippen molar-refractivity contribution in [2.24, 2.45) is 0 Å². The standard InChI is InChI=1S/C15H23BrN2O3/c1-4-17-8-12-5-6-14(13(16)7-12)21-10-15(19)18-11(2)9-20-3/h5-7,11,17H,4,8-10H2,1-3H3,(H,18,19). The third kappa shape index (κ3) is 6.93. The van der Waals surface area contributed by atoms with Crippen molar-refractivity contribution >= 4 is 21.8 Å². The average Bonchev–Trinajstić information content (AvgIpc) is 2.44. The summed E-state index contributed by atoms with van der Waals surface area (Å²) in [5, 5.41) is 6.05. The average molecular weight is 359 g/mol. The van der Waals surface area contributed by atoms with Crippen LogP contribution in [0.15, 0.2) is 22.7 Å². The van der Waals surface area contributed by atoms with Crippen molar-refractivity contribution < 1.29 is 14.3 Å². The Morgan fingerprint density at radius 1 is 1.43 bits per heavy atom. The predicted octanol–water partition coefficient (Wildman–Crippen LogP) is 2.09. The zero-order valence-electron chi connectivity index (χ0n) is 12.7. The summed E-state index contributed by atoms with van der Waals surface area (Å²) in [6.07, 6.45) is 0. The minimum atomic E-state index is -0.164. The molecule has 0 aliphatic carbocycles. The highest BCUT2D eigenvalue weighted by molar-refractivity contribution is 9.10. The smallest absolute Gasteiger partial charge is 0.258 e. The van der Waals surface area contributed by atoms with E-state index in [0.717, 1.165) is 23.1 Å². The monoisotopic (exact) mass is 358 g/mol. The van der Waals surface area contributed by atoms with E-state index >= 15 is 0 Å². The van der Waals surface area contributed by atoms with Crippen LogP contribution in [0.25, 0.3) is 0 Å². The van der Waals surface area contributed by atoms with Crippen LogP contribution in [0.5, 0.6) is 5.75 Å². The second-order valence-electron chi connectivity index (χ2n) is 4.76. The van der Waals surface area contributed by atoms with Crippen molar-refractivity contribution in [3.8, 4) is 5.75 Å². The molecule has 1 aromatic carbocycles. The van der Waals surface area contributed by atoms with Crippen LogP contribution >= 0.6 is 15.9 Å². The van der Waals surface area contributed by atoms with Crippen LogP contribution in [0.2, 0.25) is 0 Å². The summed E-state index contributed by atoms with van der Waals surface area (Å²) in [6.45, 7) is 6.15. The lowest BCUT2D eigenvalue weighted by Crippen LogP contribution is -2.38. The number of hydrogen-bond donors (Lipinski definition) is 2. The number of methoxy groups -OCH3 is 1. The normalized spacial score (nSPS) is 12.0. The van der Waals surface area contributed by atoms with Crippen LogP contribution in [0.4, 0.5) is 0 Å². The molecular weight excluding hydrogens is 336 g/mol. The highest BCUT2D eigenvalue weighted by atomic mass is 79.9. The first kappa shape index (κ1) is 17.9. The van der Waals surface area contributed by atoms with Crippen molar-refractivity contribution in [2.75, 3.05) is 26.9 Å². The summed E-state index contributed by atoms with van der Waals surface area (Å²) < 4.78 is 11.3. The summed E-state index contributed by atoms with van der Waals surface area (Å²) >= 11 is 3.46. The zero-order valence-corrected chi connectivity index (χ0v) is 14.3. The molecule has 118 valence electrons. The number of halogens is 1. The van der Waals surface area contributed by atoms with E-state index in [2.05, 4.69) is 33.5 Å². The second kappa shape index (κ2) is 9.76. The number of hydrogen-bond acceptors (Lipinski definition) is 4. The Hall–Kier alpha value is -1.11. The predicted molar refractivity (Wildman–Crippen MR) is 86.5 cm³/mol. The van der Waals surface area contributed by atoms with E-state index in [-0.39, 0.29) is 18.6 Å². The van der Waals surface area contributed by atoms with Crippen molar-refractivity contribution in [2.45, 2.75) is 26.4 Å². The quantitative estimate of drug-likeness (QED) is 0.709. The zero-order chi connectivity index (χ0) is 15.7. The SMILES string of the molecule is CCNCc1ccc(OCC(=O)NC(C)COC)c(Br)c1. The Balaban J connectivity index is 2.46. The van der Waals surface area contributed by atoms with E-state index in [1.807, 2.05) is 25.1 Å². The molecule has 1 amide bonds. The van der Waals surface area contributed by atoms with Crippen LogP contribution in [0.1, 0.15) is 19.4 Å². The van der Waals surface area contributed by atoms with Gasteiger partial charge in [-0.3, -0.25) is 4.79 Å². The first-order valence-electron chi connectivity index (χ1n) is 6.97. The van der Waals surface area contributed by atoms with Gasteiger partial charge in [-0.1, -0.05) is 13.0 Å². The van der Waals surface area contributed by atoms with Gasteiger partial charge in [0.15, 0.2) is 6.61 Å². The van der Waals surface area contributed by atoms with Gasteiger partial charge in [0.1, 0.15) is 5.75 Å². The van der Waals surface area contributed by atoms with E-state index in [1.54, 1.807) is 7.11 Å². The van der Waals surface area contributed by atoms with Gasteiger partial charge in [-0.05, 0) is 47.1 Å². The summed E-state index contributed by atoms with van der Waals surface area (Å²) in [4.78, 5) is 11.7. The van der Waals surface area contributed by atoms with Crippen LogP contribution in [0, 0.1) is 0 Å². The van der Waals surface area contributed by atoms with Crippen LogP contribution < -0.4 is 15.4 Å². The van der Waals surface area contributed by atoms with Gasteiger partial charge in [0.2, 0.25) is 0 Å².